The van der Waals surface area contributed by atoms with E-state index in [1.807, 2.05) is 0 Å². The zero-order valence-corrected chi connectivity index (χ0v) is 18.7. The number of benzene rings is 1. The maximum Gasteiger partial charge on any atom is 0.407 e. The van der Waals surface area contributed by atoms with Crippen LogP contribution in [0.5, 0.6) is 11.5 Å². The van der Waals surface area contributed by atoms with Crippen LogP contribution < -0.4 is 14.8 Å². The third-order valence-corrected chi connectivity index (χ3v) is 8.90. The molecule has 0 aliphatic heterocycles. The van der Waals surface area contributed by atoms with Gasteiger partial charge in [0.05, 0.1) is 30.8 Å². The number of nitro benzene ring substituents is 1. The summed E-state index contributed by atoms with van der Waals surface area (Å²) < 4.78 is 17.9. The Kier molecular flexibility index (Phi) is 8.70. The van der Waals surface area contributed by atoms with E-state index in [2.05, 4.69) is 37.1 Å². The first kappa shape index (κ1) is 23.7. The highest BCUT2D eigenvalue weighted by Crippen LogP contribution is 2.38. The van der Waals surface area contributed by atoms with E-state index >= 15 is 0 Å². The zero-order chi connectivity index (χ0) is 21.5. The third kappa shape index (κ3) is 6.38. The normalized spacial score (nSPS) is 12.4. The number of carbonyl (C=O) groups is 1. The van der Waals surface area contributed by atoms with Gasteiger partial charge in [-0.1, -0.05) is 13.1 Å². The molecule has 1 rings (SSSR count). The number of methoxy groups -OCH3 is 2. The van der Waals surface area contributed by atoms with Gasteiger partial charge in [-0.05, 0) is 39.6 Å². The number of hydrogen-bond acceptors (Lipinski definition) is 7. The van der Waals surface area contributed by atoms with Crippen molar-refractivity contribution in [1.29, 1.82) is 0 Å². The Morgan fingerprint density at radius 1 is 1.25 bits per heavy atom. The summed E-state index contributed by atoms with van der Waals surface area (Å²) in [4.78, 5) is 22.9. The Hall–Kier alpha value is -2.33. The van der Waals surface area contributed by atoms with Crippen LogP contribution in [-0.4, -0.2) is 58.7 Å². The molecular formula is C18H31N3O6Si. The topological polar surface area (TPSA) is 103 Å². The van der Waals surface area contributed by atoms with Crippen LogP contribution in [-0.2, 0) is 4.74 Å². The van der Waals surface area contributed by atoms with E-state index in [9.17, 15) is 14.9 Å². The molecule has 28 heavy (non-hydrogen) atoms. The summed E-state index contributed by atoms with van der Waals surface area (Å²) >= 11 is 0. The molecule has 0 radical (unpaired) electrons. The Morgan fingerprint density at radius 3 is 2.32 bits per heavy atom. The van der Waals surface area contributed by atoms with E-state index < -0.39 is 25.4 Å². The number of hydrogen-bond donors (Lipinski definition) is 1. The van der Waals surface area contributed by atoms with Crippen LogP contribution in [0.3, 0.4) is 0 Å². The molecule has 1 atom stereocenters. The van der Waals surface area contributed by atoms with E-state index in [0.717, 1.165) is 12.5 Å². The van der Waals surface area contributed by atoms with Gasteiger partial charge >= 0.3 is 6.09 Å². The predicted molar refractivity (Wildman–Crippen MR) is 110 cm³/mol. The molecule has 0 heterocycles. The van der Waals surface area contributed by atoms with Crippen molar-refractivity contribution in [1.82, 2.24) is 9.88 Å². The fraction of sp³-hybridized carbons (Fsp3) is 0.611. The molecule has 0 spiro atoms. The van der Waals surface area contributed by atoms with Crippen molar-refractivity contribution < 1.29 is 23.9 Å². The number of alkyl carbamates (subject to hydrolysis) is 1. The number of rotatable bonds is 10. The number of ether oxygens (including phenoxy) is 3. The van der Waals surface area contributed by atoms with Gasteiger partial charge in [-0.3, -0.25) is 10.1 Å². The Bertz CT molecular complexity index is 696. The molecule has 1 unspecified atom stereocenters. The summed E-state index contributed by atoms with van der Waals surface area (Å²) in [6, 6.07) is 3.76. The van der Waals surface area contributed by atoms with Gasteiger partial charge in [-0.2, -0.15) is 0 Å². The lowest BCUT2D eigenvalue weighted by Crippen LogP contribution is -2.43. The van der Waals surface area contributed by atoms with Crippen LogP contribution >= 0.6 is 0 Å². The SMILES string of the molecule is COc1cc(C(C)OC(=O)NCCC[Si](C)(C)N(C)C)c([N+](=O)[O-])cc1OC. The van der Waals surface area contributed by atoms with E-state index in [1.54, 1.807) is 6.92 Å². The first-order valence-corrected chi connectivity index (χ1v) is 12.2. The van der Waals surface area contributed by atoms with E-state index in [0.29, 0.717) is 12.3 Å². The Balaban J connectivity index is 2.75. The van der Waals surface area contributed by atoms with Gasteiger partial charge in [0.15, 0.2) is 11.5 Å². The quantitative estimate of drug-likeness (QED) is 0.271. The van der Waals surface area contributed by atoms with Gasteiger partial charge in [0.1, 0.15) is 14.3 Å². The molecule has 0 saturated heterocycles. The third-order valence-electron chi connectivity index (χ3n) is 4.90. The smallest absolute Gasteiger partial charge is 0.407 e. The zero-order valence-electron chi connectivity index (χ0n) is 17.7. The Labute approximate surface area is 167 Å². The van der Waals surface area contributed by atoms with Gasteiger partial charge in [0.25, 0.3) is 5.69 Å². The number of nitrogens with zero attached hydrogens (tertiary/aromatic N) is 2. The molecule has 0 aliphatic rings. The first-order valence-electron chi connectivity index (χ1n) is 9.05. The molecule has 1 aromatic carbocycles. The minimum Gasteiger partial charge on any atom is -0.493 e. The Morgan fingerprint density at radius 2 is 1.82 bits per heavy atom. The average molecular weight is 414 g/mol. The molecule has 10 heteroatoms. The maximum atomic E-state index is 12.1. The van der Waals surface area contributed by atoms with Gasteiger partial charge in [0.2, 0.25) is 0 Å². The lowest BCUT2D eigenvalue weighted by Gasteiger charge is -2.30. The van der Waals surface area contributed by atoms with Gasteiger partial charge < -0.3 is 24.1 Å². The first-order chi connectivity index (χ1) is 13.0. The molecule has 9 nitrogen and oxygen atoms in total. The molecule has 158 valence electrons. The van der Waals surface area contributed by atoms with E-state index in [-0.39, 0.29) is 17.0 Å². The number of nitrogens with one attached hydrogen (secondary N) is 1. The number of carbonyl (C=O) groups excluding carboxylic acids is 1. The van der Waals surface area contributed by atoms with Crippen molar-refractivity contribution in [3.63, 3.8) is 0 Å². The molecule has 1 amide bonds. The summed E-state index contributed by atoms with van der Waals surface area (Å²) in [7, 11) is 5.55. The second kappa shape index (κ2) is 10.3. The van der Waals surface area contributed by atoms with Crippen LogP contribution in [0.15, 0.2) is 12.1 Å². The molecule has 1 N–H and O–H groups in total. The van der Waals surface area contributed by atoms with E-state index in [4.69, 9.17) is 14.2 Å². The summed E-state index contributed by atoms with van der Waals surface area (Å²) in [5.41, 5.74) is 0.0376. The van der Waals surface area contributed by atoms with Crippen LogP contribution in [0.2, 0.25) is 19.1 Å². The molecule has 0 aromatic heterocycles. The van der Waals surface area contributed by atoms with Crippen molar-refractivity contribution in [2.45, 2.75) is 38.6 Å². The van der Waals surface area contributed by atoms with Crippen LogP contribution in [0.1, 0.15) is 25.0 Å². The van der Waals surface area contributed by atoms with Gasteiger partial charge in [-0.15, -0.1) is 0 Å². The minimum absolute atomic E-state index is 0.198. The summed E-state index contributed by atoms with van der Waals surface area (Å²) in [6.07, 6.45) is -0.592. The molecule has 0 saturated carbocycles. The highest BCUT2D eigenvalue weighted by molar-refractivity contribution is 6.74. The van der Waals surface area contributed by atoms with Crippen LogP contribution in [0.25, 0.3) is 0 Å². The predicted octanol–water partition coefficient (Wildman–Crippen LogP) is 3.56. The molecule has 0 bridgehead atoms. The van der Waals surface area contributed by atoms with Gasteiger partial charge in [-0.25, -0.2) is 4.79 Å². The van der Waals surface area contributed by atoms with Crippen molar-refractivity contribution >= 4 is 20.0 Å². The van der Waals surface area contributed by atoms with Crippen molar-refractivity contribution in [3.8, 4) is 11.5 Å². The fourth-order valence-electron chi connectivity index (χ4n) is 2.57. The summed E-state index contributed by atoms with van der Waals surface area (Å²) in [5.74, 6) is 0.567. The van der Waals surface area contributed by atoms with Crippen molar-refractivity contribution in [2.75, 3.05) is 34.9 Å². The molecule has 0 aliphatic carbocycles. The standard InChI is InChI=1S/C18H31N3O6Si/c1-13(27-18(22)19-9-8-10-28(6,7)20(2)3)14-11-16(25-4)17(26-5)12-15(14)21(23)24/h11-13H,8-10H2,1-7H3,(H,19,22). The summed E-state index contributed by atoms with van der Waals surface area (Å²) in [6.45, 7) is 6.60. The molecular weight excluding hydrogens is 382 g/mol. The second-order valence-electron chi connectivity index (χ2n) is 7.31. The highest BCUT2D eigenvalue weighted by Gasteiger charge is 2.26. The second-order valence-corrected chi connectivity index (χ2v) is 12.3. The van der Waals surface area contributed by atoms with Crippen molar-refractivity contribution in [3.05, 3.63) is 27.8 Å². The number of amides is 1. The minimum atomic E-state index is -1.44. The lowest BCUT2D eigenvalue weighted by atomic mass is 10.1. The molecule has 0 fully saturated rings. The van der Waals surface area contributed by atoms with Gasteiger partial charge in [0, 0.05) is 6.54 Å². The monoisotopic (exact) mass is 413 g/mol. The van der Waals surface area contributed by atoms with Crippen molar-refractivity contribution in [2.24, 2.45) is 0 Å². The number of nitro groups is 1. The van der Waals surface area contributed by atoms with E-state index in [1.165, 1.54) is 26.4 Å². The largest absolute Gasteiger partial charge is 0.493 e. The summed E-state index contributed by atoms with van der Waals surface area (Å²) in [5, 5.41) is 14.1. The lowest BCUT2D eigenvalue weighted by molar-refractivity contribution is -0.386. The fourth-order valence-corrected chi connectivity index (χ4v) is 4.06. The maximum absolute atomic E-state index is 12.1. The average Bonchev–Trinajstić information content (AvgIpc) is 2.63. The van der Waals surface area contributed by atoms with Crippen LogP contribution in [0.4, 0.5) is 10.5 Å². The van der Waals surface area contributed by atoms with Crippen LogP contribution in [0, 0.1) is 10.1 Å². The highest BCUT2D eigenvalue weighted by atomic mass is 28.3. The molecule has 1 aromatic rings.